The Morgan fingerprint density at radius 3 is 2.69 bits per heavy atom. The highest BCUT2D eigenvalue weighted by Crippen LogP contribution is 2.38. The van der Waals surface area contributed by atoms with Crippen LogP contribution in [0.15, 0.2) is 47.6 Å². The molecule has 74 valence electrons. The second-order valence-corrected chi connectivity index (χ2v) is 3.75. The Morgan fingerprint density at radius 2 is 1.88 bits per heavy atom. The molecule has 0 unspecified atom stereocenters. The Morgan fingerprint density at radius 1 is 1.06 bits per heavy atom. The second-order valence-electron chi connectivity index (χ2n) is 3.75. The van der Waals surface area contributed by atoms with Gasteiger partial charge in [0.2, 0.25) is 5.78 Å². The van der Waals surface area contributed by atoms with Gasteiger partial charge in [0.05, 0.1) is 5.57 Å². The molecule has 0 bridgehead atoms. The van der Waals surface area contributed by atoms with Crippen LogP contribution in [0.5, 0.6) is 0 Å². The van der Waals surface area contributed by atoms with Crippen molar-refractivity contribution in [3.05, 3.63) is 58.7 Å². The van der Waals surface area contributed by atoms with Crippen molar-refractivity contribution in [1.82, 2.24) is 0 Å². The fourth-order valence-corrected chi connectivity index (χ4v) is 2.09. The largest absolute Gasteiger partial charge is 0.288 e. The van der Waals surface area contributed by atoms with E-state index >= 15 is 0 Å². The first-order valence-electron chi connectivity index (χ1n) is 4.99. The number of carbonyl (C=O) groups excluding carboxylic acids is 1. The molecule has 3 rings (SSSR count). The summed E-state index contributed by atoms with van der Waals surface area (Å²) in [4.78, 5) is 11.9. The monoisotopic (exact) mass is 205 g/mol. The number of hydrogen-bond acceptors (Lipinski definition) is 2. The van der Waals surface area contributed by atoms with E-state index in [-0.39, 0.29) is 11.4 Å². The summed E-state index contributed by atoms with van der Waals surface area (Å²) < 4.78 is 0. The molecule has 0 aliphatic heterocycles. The first kappa shape index (κ1) is 8.87. The quantitative estimate of drug-likeness (QED) is 0.652. The zero-order chi connectivity index (χ0) is 11.1. The molecule has 0 heterocycles. The van der Waals surface area contributed by atoms with Crippen LogP contribution in [0.25, 0.3) is 11.6 Å². The predicted octanol–water partition coefficient (Wildman–Crippen LogP) is 2.50. The van der Waals surface area contributed by atoms with E-state index in [2.05, 4.69) is 0 Å². The van der Waals surface area contributed by atoms with Crippen LogP contribution in [0.2, 0.25) is 0 Å². The van der Waals surface area contributed by atoms with Crippen molar-refractivity contribution in [2.45, 2.75) is 0 Å². The number of hydrogen-bond donors (Lipinski definition) is 0. The third-order valence-corrected chi connectivity index (χ3v) is 2.87. The molecular formula is C14H7NO. The molecule has 0 saturated heterocycles. The number of nitrogens with zero attached hydrogens (tertiary/aromatic N) is 1. The molecule has 1 aromatic rings. The van der Waals surface area contributed by atoms with Gasteiger partial charge in [0.1, 0.15) is 6.07 Å². The van der Waals surface area contributed by atoms with Crippen molar-refractivity contribution < 1.29 is 4.79 Å². The van der Waals surface area contributed by atoms with E-state index in [1.165, 1.54) is 0 Å². The van der Waals surface area contributed by atoms with Crippen LogP contribution in [0.4, 0.5) is 0 Å². The average Bonchev–Trinajstić information content (AvgIpc) is 2.69. The lowest BCUT2D eigenvalue weighted by molar-refractivity contribution is -0.111. The highest BCUT2D eigenvalue weighted by Gasteiger charge is 2.27. The van der Waals surface area contributed by atoms with Gasteiger partial charge in [0.15, 0.2) is 0 Å². The van der Waals surface area contributed by atoms with E-state index in [1.807, 2.05) is 42.5 Å². The summed E-state index contributed by atoms with van der Waals surface area (Å²) in [6.45, 7) is 0. The molecule has 0 saturated carbocycles. The maximum Gasteiger partial charge on any atom is 0.204 e. The summed E-state index contributed by atoms with van der Waals surface area (Å²) >= 11 is 0. The fourth-order valence-electron chi connectivity index (χ4n) is 2.09. The summed E-state index contributed by atoms with van der Waals surface area (Å²) in [7, 11) is 0. The van der Waals surface area contributed by atoms with Crippen molar-refractivity contribution in [2.75, 3.05) is 0 Å². The number of Topliss-reactive ketones (excluding diaryl/α,β-unsaturated/α-hetero) is 1. The molecule has 0 aromatic heterocycles. The van der Waals surface area contributed by atoms with Gasteiger partial charge < -0.3 is 0 Å². The molecule has 2 nitrogen and oxygen atoms in total. The van der Waals surface area contributed by atoms with Gasteiger partial charge in [-0.25, -0.2) is 0 Å². The number of rotatable bonds is 0. The van der Waals surface area contributed by atoms with Gasteiger partial charge in [-0.3, -0.25) is 4.79 Å². The lowest BCUT2D eigenvalue weighted by Gasteiger charge is -2.09. The van der Waals surface area contributed by atoms with Gasteiger partial charge in [-0.2, -0.15) is 5.26 Å². The van der Waals surface area contributed by atoms with Crippen LogP contribution in [-0.4, -0.2) is 5.78 Å². The molecule has 0 N–H and O–H groups in total. The van der Waals surface area contributed by atoms with Crippen molar-refractivity contribution in [3.63, 3.8) is 0 Å². The van der Waals surface area contributed by atoms with Crippen molar-refractivity contribution in [3.8, 4) is 6.07 Å². The maximum atomic E-state index is 11.9. The standard InChI is InChI=1S/C14H7NO/c15-8-10-5-6-12-11-4-2-1-3-9(11)7-13(12)14(10)16/h1-7H. The summed E-state index contributed by atoms with van der Waals surface area (Å²) in [5.41, 5.74) is 3.89. The molecule has 0 atom stereocenters. The average molecular weight is 205 g/mol. The van der Waals surface area contributed by atoms with Crippen LogP contribution in [0.3, 0.4) is 0 Å². The summed E-state index contributed by atoms with van der Waals surface area (Å²) in [5, 5.41) is 8.80. The molecule has 2 heteroatoms. The van der Waals surface area contributed by atoms with Gasteiger partial charge in [-0.05, 0) is 28.9 Å². The Labute approximate surface area is 92.8 Å². The van der Waals surface area contributed by atoms with Gasteiger partial charge in [0, 0.05) is 5.57 Å². The molecule has 0 spiro atoms. The van der Waals surface area contributed by atoms with E-state index in [0.717, 1.165) is 16.7 Å². The lowest BCUT2D eigenvalue weighted by atomic mass is 9.92. The molecule has 16 heavy (non-hydrogen) atoms. The summed E-state index contributed by atoms with van der Waals surface area (Å²) in [5.74, 6) is -0.170. The topological polar surface area (TPSA) is 40.9 Å². The normalized spacial score (nSPS) is 16.7. The smallest absolute Gasteiger partial charge is 0.204 e. The Balaban J connectivity index is 2.24. The minimum Gasteiger partial charge on any atom is -0.288 e. The summed E-state index contributed by atoms with van der Waals surface area (Å²) in [6, 6.07) is 9.77. The number of carbonyl (C=O) groups is 1. The molecular weight excluding hydrogens is 198 g/mol. The van der Waals surface area contributed by atoms with Crippen molar-refractivity contribution in [1.29, 1.82) is 5.26 Å². The van der Waals surface area contributed by atoms with E-state index < -0.39 is 0 Å². The first-order chi connectivity index (χ1) is 7.81. The lowest BCUT2D eigenvalue weighted by Crippen LogP contribution is -2.07. The SMILES string of the molecule is N#CC1=CC=C2C(=Cc3ccccc32)C1=O. The Hall–Kier alpha value is -2.40. The van der Waals surface area contributed by atoms with Crippen molar-refractivity contribution >= 4 is 17.4 Å². The third-order valence-electron chi connectivity index (χ3n) is 2.87. The highest BCUT2D eigenvalue weighted by molar-refractivity contribution is 6.27. The molecule has 2 aliphatic rings. The van der Waals surface area contributed by atoms with E-state index in [0.29, 0.717) is 5.57 Å². The number of benzene rings is 1. The van der Waals surface area contributed by atoms with Gasteiger partial charge in [0.25, 0.3) is 0 Å². The molecule has 1 aromatic carbocycles. The van der Waals surface area contributed by atoms with E-state index in [1.54, 1.807) is 6.08 Å². The second kappa shape index (κ2) is 3.04. The third kappa shape index (κ3) is 1.03. The number of fused-ring (bicyclic) bond motifs is 3. The minimum atomic E-state index is -0.170. The Kier molecular flexibility index (Phi) is 1.69. The molecule has 0 radical (unpaired) electrons. The number of allylic oxidation sites excluding steroid dienone is 5. The first-order valence-corrected chi connectivity index (χ1v) is 4.99. The Bertz CT molecular complexity index is 639. The fraction of sp³-hybridized carbons (Fsp3) is 0. The van der Waals surface area contributed by atoms with Crippen molar-refractivity contribution in [2.24, 2.45) is 0 Å². The predicted molar refractivity (Wildman–Crippen MR) is 61.1 cm³/mol. The zero-order valence-corrected chi connectivity index (χ0v) is 8.40. The van der Waals surface area contributed by atoms with Gasteiger partial charge in [-0.1, -0.05) is 30.3 Å². The van der Waals surface area contributed by atoms with Crippen LogP contribution in [0.1, 0.15) is 11.1 Å². The van der Waals surface area contributed by atoms with E-state index in [4.69, 9.17) is 5.26 Å². The maximum absolute atomic E-state index is 11.9. The minimum absolute atomic E-state index is 0.170. The molecule has 0 fully saturated rings. The van der Waals surface area contributed by atoms with Gasteiger partial charge >= 0.3 is 0 Å². The van der Waals surface area contributed by atoms with Crippen LogP contribution in [0, 0.1) is 11.3 Å². The highest BCUT2D eigenvalue weighted by atomic mass is 16.1. The molecule has 2 aliphatic carbocycles. The number of ketones is 1. The van der Waals surface area contributed by atoms with Crippen LogP contribution in [-0.2, 0) is 4.79 Å². The van der Waals surface area contributed by atoms with Crippen LogP contribution >= 0.6 is 0 Å². The van der Waals surface area contributed by atoms with E-state index in [9.17, 15) is 4.79 Å². The van der Waals surface area contributed by atoms with Crippen LogP contribution < -0.4 is 0 Å². The number of nitriles is 1. The van der Waals surface area contributed by atoms with Gasteiger partial charge in [-0.15, -0.1) is 0 Å². The zero-order valence-electron chi connectivity index (χ0n) is 8.40. The molecule has 0 amide bonds. The summed E-state index contributed by atoms with van der Waals surface area (Å²) in [6.07, 6.45) is 5.29.